The van der Waals surface area contributed by atoms with Gasteiger partial charge in [-0.1, -0.05) is 30.3 Å². The van der Waals surface area contributed by atoms with E-state index in [0.717, 1.165) is 21.4 Å². The van der Waals surface area contributed by atoms with E-state index in [1.807, 2.05) is 42.3 Å². The van der Waals surface area contributed by atoms with Crippen molar-refractivity contribution in [3.63, 3.8) is 0 Å². The van der Waals surface area contributed by atoms with E-state index in [1.54, 1.807) is 22.9 Å². The smallest absolute Gasteiger partial charge is 0.388 e. The zero-order chi connectivity index (χ0) is 34.3. The second-order valence-electron chi connectivity index (χ2n) is 13.2. The number of piperidine rings is 2. The summed E-state index contributed by atoms with van der Waals surface area (Å²) in [6.07, 6.45) is 1.33. The van der Waals surface area contributed by atoms with Gasteiger partial charge < -0.3 is 14.6 Å². The zero-order valence-corrected chi connectivity index (χ0v) is 27.8. The first-order chi connectivity index (χ1) is 23.5. The lowest BCUT2D eigenvalue weighted by molar-refractivity contribution is -0.143. The van der Waals surface area contributed by atoms with Gasteiger partial charge in [0.25, 0.3) is 5.56 Å². The molecule has 7 rings (SSSR count). The van der Waals surface area contributed by atoms with Gasteiger partial charge in [-0.05, 0) is 67.3 Å². The third-order valence-corrected chi connectivity index (χ3v) is 11.1. The number of halogens is 3. The van der Waals surface area contributed by atoms with E-state index in [9.17, 15) is 27.9 Å². The number of likely N-dealkylation sites (tertiary alicyclic amines) is 2. The van der Waals surface area contributed by atoms with E-state index in [-0.39, 0.29) is 29.8 Å². The molecule has 6 heterocycles. The molecule has 0 radical (unpaired) electrons. The fourth-order valence-electron chi connectivity index (χ4n) is 7.22. The van der Waals surface area contributed by atoms with Gasteiger partial charge in [0.2, 0.25) is 5.91 Å². The average molecular weight is 691 g/mol. The Morgan fingerprint density at radius 1 is 1.04 bits per heavy atom. The minimum Gasteiger partial charge on any atom is -0.388 e. The summed E-state index contributed by atoms with van der Waals surface area (Å²) < 4.78 is 43.0. The number of aliphatic hydroxyl groups is 1. The second-order valence-corrected chi connectivity index (χ2v) is 14.4. The molecule has 2 aliphatic rings. The standard InChI is InChI=1S/C36H37F3N6O3S/c1-42-15-10-28-32(42)41-23-45(34(28)47)22-35(48)12-17-44(18-13-35)33(46)27-11-16-43(21-29(27)24-5-3-2-4-6-24)20-26-7-8-30(49-26)25-9-14-40-31(19-25)36(37,38)39/h2-10,14-15,19,23,27,29,48H,11-13,16-18,20-22H2,1H3/t27-,29+/m1/s1. The van der Waals surface area contributed by atoms with Crippen molar-refractivity contribution >= 4 is 28.3 Å². The Kier molecular flexibility index (Phi) is 8.92. The van der Waals surface area contributed by atoms with Crippen LogP contribution in [0.25, 0.3) is 21.5 Å². The monoisotopic (exact) mass is 690 g/mol. The van der Waals surface area contributed by atoms with Crippen LogP contribution in [0.3, 0.4) is 0 Å². The molecule has 2 aliphatic heterocycles. The Morgan fingerprint density at radius 3 is 2.57 bits per heavy atom. The van der Waals surface area contributed by atoms with Crippen LogP contribution in [-0.2, 0) is 31.1 Å². The molecule has 9 nitrogen and oxygen atoms in total. The van der Waals surface area contributed by atoms with Gasteiger partial charge in [-0.2, -0.15) is 13.2 Å². The molecule has 2 atom stereocenters. The molecule has 0 unspecified atom stereocenters. The van der Waals surface area contributed by atoms with Crippen LogP contribution in [0.2, 0.25) is 0 Å². The number of aryl methyl sites for hydroxylation is 1. The second kappa shape index (κ2) is 13.2. The van der Waals surface area contributed by atoms with Crippen molar-refractivity contribution in [1.82, 2.24) is 28.9 Å². The van der Waals surface area contributed by atoms with E-state index in [1.165, 1.54) is 28.4 Å². The van der Waals surface area contributed by atoms with Crippen molar-refractivity contribution in [3.8, 4) is 10.4 Å². The van der Waals surface area contributed by atoms with Crippen molar-refractivity contribution < 1.29 is 23.1 Å². The van der Waals surface area contributed by atoms with Gasteiger partial charge >= 0.3 is 6.18 Å². The van der Waals surface area contributed by atoms with Crippen molar-refractivity contribution in [2.45, 2.75) is 50.0 Å². The first kappa shape index (κ1) is 33.2. The van der Waals surface area contributed by atoms with Gasteiger partial charge in [0.05, 0.1) is 17.5 Å². The number of thiophene rings is 1. The summed E-state index contributed by atoms with van der Waals surface area (Å²) in [6, 6.07) is 18.3. The number of carbonyl (C=O) groups excluding carboxylic acids is 1. The Morgan fingerprint density at radius 2 is 1.82 bits per heavy atom. The zero-order valence-electron chi connectivity index (χ0n) is 27.0. The molecule has 0 bridgehead atoms. The van der Waals surface area contributed by atoms with Gasteiger partial charge in [0.1, 0.15) is 17.7 Å². The molecule has 1 aromatic carbocycles. The number of amides is 1. The lowest BCUT2D eigenvalue weighted by atomic mass is 9.79. The Labute approximate surface area is 285 Å². The van der Waals surface area contributed by atoms with Crippen LogP contribution in [0.4, 0.5) is 13.2 Å². The third-order valence-electron chi connectivity index (χ3n) is 9.94. The van der Waals surface area contributed by atoms with Crippen LogP contribution >= 0.6 is 11.3 Å². The third kappa shape index (κ3) is 6.92. The van der Waals surface area contributed by atoms with Gasteiger partial charge in [-0.25, -0.2) is 4.98 Å². The molecule has 2 saturated heterocycles. The molecular formula is C36H37F3N6O3S. The van der Waals surface area contributed by atoms with Gasteiger partial charge in [-0.3, -0.25) is 24.0 Å². The lowest BCUT2D eigenvalue weighted by Crippen LogP contribution is -2.53. The number of aromatic nitrogens is 4. The fraction of sp³-hybridized carbons (Fsp3) is 0.389. The van der Waals surface area contributed by atoms with Gasteiger partial charge in [0.15, 0.2) is 0 Å². The molecule has 1 N–H and O–H groups in total. The maximum atomic E-state index is 14.1. The predicted octanol–water partition coefficient (Wildman–Crippen LogP) is 5.54. The maximum Gasteiger partial charge on any atom is 0.433 e. The summed E-state index contributed by atoms with van der Waals surface area (Å²) in [5.74, 6) is -0.190. The van der Waals surface area contributed by atoms with Crippen LogP contribution in [0.1, 0.15) is 41.3 Å². The number of carbonyl (C=O) groups is 1. The highest BCUT2D eigenvalue weighted by Crippen LogP contribution is 2.38. The highest BCUT2D eigenvalue weighted by molar-refractivity contribution is 7.15. The molecule has 0 aliphatic carbocycles. The minimum absolute atomic E-state index is 0.0421. The molecule has 4 aromatic heterocycles. The van der Waals surface area contributed by atoms with E-state index < -0.39 is 17.5 Å². The number of hydrogen-bond donors (Lipinski definition) is 1. The number of alkyl halides is 3. The predicted molar refractivity (Wildman–Crippen MR) is 181 cm³/mol. The quantitative estimate of drug-likeness (QED) is 0.241. The summed E-state index contributed by atoms with van der Waals surface area (Å²) >= 11 is 1.47. The first-order valence-electron chi connectivity index (χ1n) is 16.4. The van der Waals surface area contributed by atoms with Crippen LogP contribution in [0.5, 0.6) is 0 Å². The maximum absolute atomic E-state index is 14.1. The van der Waals surface area contributed by atoms with E-state index in [0.29, 0.717) is 68.6 Å². The average Bonchev–Trinajstić information content (AvgIpc) is 3.73. The summed E-state index contributed by atoms with van der Waals surface area (Å²) in [7, 11) is 1.83. The Hall–Kier alpha value is -4.33. The normalized spacial score (nSPS) is 20.1. The molecule has 1 amide bonds. The van der Waals surface area contributed by atoms with E-state index >= 15 is 0 Å². The highest BCUT2D eigenvalue weighted by Gasteiger charge is 2.41. The molecule has 256 valence electrons. The molecule has 0 spiro atoms. The van der Waals surface area contributed by atoms with E-state index in [4.69, 9.17) is 0 Å². The minimum atomic E-state index is -4.50. The topological polar surface area (TPSA) is 96.5 Å². The molecule has 5 aromatic rings. The molecular weight excluding hydrogens is 653 g/mol. The van der Waals surface area contributed by atoms with Crippen LogP contribution in [-0.4, -0.2) is 71.7 Å². The fourth-order valence-corrected chi connectivity index (χ4v) is 8.27. The summed E-state index contributed by atoms with van der Waals surface area (Å²) in [6.45, 7) is 2.91. The van der Waals surface area contributed by atoms with Crippen LogP contribution < -0.4 is 5.56 Å². The number of benzene rings is 1. The number of rotatable bonds is 7. The number of pyridine rings is 1. The summed E-state index contributed by atoms with van der Waals surface area (Å²) in [5.41, 5.74) is -0.0576. The van der Waals surface area contributed by atoms with Crippen molar-refractivity contribution in [1.29, 1.82) is 0 Å². The van der Waals surface area contributed by atoms with Crippen molar-refractivity contribution in [2.75, 3.05) is 26.2 Å². The molecule has 13 heteroatoms. The highest BCUT2D eigenvalue weighted by atomic mass is 32.1. The summed E-state index contributed by atoms with van der Waals surface area (Å²) in [5, 5.41) is 12.0. The van der Waals surface area contributed by atoms with Gasteiger partial charge in [-0.15, -0.1) is 11.3 Å². The SMILES string of the molecule is Cn1ccc2c(=O)n(CC3(O)CCN(C(=O)[C@@H]4CCN(Cc5ccc(-c6ccnc(C(F)(F)F)c6)s5)C[C@H]4c4ccccc4)CC3)cnc21. The lowest BCUT2D eigenvalue weighted by Gasteiger charge is -2.43. The van der Waals surface area contributed by atoms with Crippen LogP contribution in [0.15, 0.2) is 84.2 Å². The van der Waals surface area contributed by atoms with Crippen LogP contribution in [0, 0.1) is 5.92 Å². The molecule has 2 fully saturated rings. The number of fused-ring (bicyclic) bond motifs is 1. The van der Waals surface area contributed by atoms with Crippen molar-refractivity contribution in [2.24, 2.45) is 13.0 Å². The number of hydrogen-bond acceptors (Lipinski definition) is 7. The van der Waals surface area contributed by atoms with Gasteiger partial charge in [0, 0.05) is 67.2 Å². The summed E-state index contributed by atoms with van der Waals surface area (Å²) in [4.78, 5) is 41.0. The molecule has 49 heavy (non-hydrogen) atoms. The largest absolute Gasteiger partial charge is 0.433 e. The van der Waals surface area contributed by atoms with Crippen molar-refractivity contribution in [3.05, 3.63) is 106 Å². The van der Waals surface area contributed by atoms with E-state index in [2.05, 4.69) is 27.0 Å². The Balaban J connectivity index is 1.02. The first-order valence-corrected chi connectivity index (χ1v) is 17.2. The Bertz CT molecular complexity index is 2020. The molecule has 0 saturated carbocycles. The number of nitrogens with zero attached hydrogens (tertiary/aromatic N) is 6.